The van der Waals surface area contributed by atoms with Crippen molar-refractivity contribution in [1.29, 1.82) is 0 Å². The lowest BCUT2D eigenvalue weighted by molar-refractivity contribution is 0.138. The molecule has 2 heterocycles. The van der Waals surface area contributed by atoms with Crippen molar-refractivity contribution in [2.24, 2.45) is 11.8 Å². The lowest BCUT2D eigenvalue weighted by Crippen LogP contribution is -2.48. The fraction of sp³-hybridized carbons (Fsp3) is 0.636. The molecule has 0 spiro atoms. The second kappa shape index (κ2) is 8.84. The van der Waals surface area contributed by atoms with Gasteiger partial charge in [0.05, 0.1) is 0 Å². The molecule has 0 radical (unpaired) electrons. The normalized spacial score (nSPS) is 28.0. The lowest BCUT2D eigenvalue weighted by Gasteiger charge is -2.38. The molecule has 28 heavy (non-hydrogen) atoms. The van der Waals surface area contributed by atoms with Crippen LogP contribution < -0.4 is 10.6 Å². The van der Waals surface area contributed by atoms with Crippen molar-refractivity contribution in [3.05, 3.63) is 24.3 Å². The van der Waals surface area contributed by atoms with Gasteiger partial charge in [-0.1, -0.05) is 13.8 Å². The maximum absolute atomic E-state index is 12.6. The van der Waals surface area contributed by atoms with Gasteiger partial charge in [-0.05, 0) is 75.6 Å². The zero-order valence-electron chi connectivity index (χ0n) is 17.6. The van der Waals surface area contributed by atoms with Gasteiger partial charge in [-0.2, -0.15) is 0 Å². The summed E-state index contributed by atoms with van der Waals surface area (Å²) in [4.78, 5) is 29.0. The van der Waals surface area contributed by atoms with Crippen molar-refractivity contribution in [3.63, 3.8) is 0 Å². The van der Waals surface area contributed by atoms with Crippen LogP contribution in [-0.4, -0.2) is 47.0 Å². The van der Waals surface area contributed by atoms with Gasteiger partial charge >= 0.3 is 12.1 Å². The van der Waals surface area contributed by atoms with Crippen LogP contribution >= 0.6 is 0 Å². The Kier molecular flexibility index (Phi) is 6.47. The molecule has 2 aliphatic rings. The highest BCUT2D eigenvalue weighted by Crippen LogP contribution is 2.25. The fourth-order valence-electron chi connectivity index (χ4n) is 4.27. The molecular formula is C22H34N4O2. The number of nitrogens with zero attached hydrogens (tertiary/aromatic N) is 2. The van der Waals surface area contributed by atoms with E-state index in [1.54, 1.807) is 0 Å². The van der Waals surface area contributed by atoms with E-state index in [0.29, 0.717) is 11.8 Å². The highest BCUT2D eigenvalue weighted by atomic mass is 16.2. The van der Waals surface area contributed by atoms with Crippen LogP contribution in [0.1, 0.15) is 53.4 Å². The summed E-state index contributed by atoms with van der Waals surface area (Å²) in [6, 6.07) is 7.77. The van der Waals surface area contributed by atoms with Crippen LogP contribution in [0.25, 0.3) is 0 Å². The number of anilines is 2. The summed E-state index contributed by atoms with van der Waals surface area (Å²) in [7, 11) is 0. The summed E-state index contributed by atoms with van der Waals surface area (Å²) < 4.78 is 0. The number of nitrogens with one attached hydrogen (secondary N) is 2. The van der Waals surface area contributed by atoms with Gasteiger partial charge in [0.25, 0.3) is 0 Å². The number of carbonyl (C=O) groups is 2. The van der Waals surface area contributed by atoms with Crippen molar-refractivity contribution in [2.45, 2.75) is 65.5 Å². The van der Waals surface area contributed by atoms with Gasteiger partial charge in [-0.15, -0.1) is 0 Å². The van der Waals surface area contributed by atoms with E-state index in [-0.39, 0.29) is 24.1 Å². The first-order chi connectivity index (χ1) is 13.4. The number of likely N-dealkylation sites (tertiary alicyclic amines) is 2. The van der Waals surface area contributed by atoms with Crippen molar-refractivity contribution in [3.8, 4) is 0 Å². The van der Waals surface area contributed by atoms with E-state index >= 15 is 0 Å². The minimum Gasteiger partial charge on any atom is -0.322 e. The Hall–Kier alpha value is -2.24. The van der Waals surface area contributed by atoms with E-state index < -0.39 is 0 Å². The molecule has 2 saturated heterocycles. The molecule has 0 unspecified atom stereocenters. The third-order valence-electron chi connectivity index (χ3n) is 6.66. The Bertz CT molecular complexity index is 631. The summed E-state index contributed by atoms with van der Waals surface area (Å²) in [6.45, 7) is 10.2. The molecule has 3 rings (SSSR count). The molecule has 1 aromatic rings. The second-order valence-corrected chi connectivity index (χ2v) is 8.54. The van der Waals surface area contributed by atoms with Crippen LogP contribution in [0.5, 0.6) is 0 Å². The Labute approximate surface area is 168 Å². The number of amides is 4. The van der Waals surface area contributed by atoms with Gasteiger partial charge in [0.1, 0.15) is 0 Å². The molecule has 0 aliphatic carbocycles. The van der Waals surface area contributed by atoms with Gasteiger partial charge in [-0.3, -0.25) is 0 Å². The Morgan fingerprint density at radius 1 is 0.750 bits per heavy atom. The fourth-order valence-corrected chi connectivity index (χ4v) is 4.27. The lowest BCUT2D eigenvalue weighted by atomic mass is 9.92. The first kappa shape index (κ1) is 20.5. The number of hydrogen-bond donors (Lipinski definition) is 2. The maximum Gasteiger partial charge on any atom is 0.322 e. The van der Waals surface area contributed by atoms with Gasteiger partial charge in [0.2, 0.25) is 0 Å². The Morgan fingerprint density at radius 3 is 1.46 bits per heavy atom. The number of rotatable bonds is 2. The van der Waals surface area contributed by atoms with Crippen LogP contribution in [0.4, 0.5) is 21.0 Å². The number of urea groups is 2. The number of piperidine rings is 2. The molecule has 6 heteroatoms. The summed E-state index contributed by atoms with van der Waals surface area (Å²) in [6.07, 6.45) is 4.45. The van der Waals surface area contributed by atoms with Crippen LogP contribution in [-0.2, 0) is 0 Å². The molecule has 4 amide bonds. The van der Waals surface area contributed by atoms with E-state index in [0.717, 1.165) is 37.3 Å². The first-order valence-electron chi connectivity index (χ1n) is 10.6. The molecule has 0 bridgehead atoms. The summed E-state index contributed by atoms with van der Waals surface area (Å²) in [5.74, 6) is 1.05. The molecule has 6 nitrogen and oxygen atoms in total. The molecular weight excluding hydrogens is 352 g/mol. The third-order valence-corrected chi connectivity index (χ3v) is 6.66. The van der Waals surface area contributed by atoms with E-state index in [9.17, 15) is 9.59 Å². The van der Waals surface area contributed by atoms with Gasteiger partial charge in [0, 0.05) is 36.5 Å². The van der Waals surface area contributed by atoms with Gasteiger partial charge in [-0.25, -0.2) is 9.59 Å². The minimum absolute atomic E-state index is 0.0491. The standard InChI is InChI=1S/C22H34N4O2/c1-15-7-5-13-25(17(15)3)21(27)23-19-9-11-20(12-10-19)24-22(28)26-14-6-8-16(2)18(26)4/h9-12,15-18H,5-8,13-14H2,1-4H3,(H,23,27)(H,24,28)/t15-,16-,17-,18+/m1/s1. The summed E-state index contributed by atoms with van der Waals surface area (Å²) in [5.41, 5.74) is 1.49. The molecule has 2 fully saturated rings. The van der Waals surface area contributed by atoms with Crippen LogP contribution in [0, 0.1) is 11.8 Å². The zero-order valence-corrected chi connectivity index (χ0v) is 17.6. The first-order valence-corrected chi connectivity index (χ1v) is 10.6. The average molecular weight is 387 g/mol. The van der Waals surface area contributed by atoms with E-state index in [4.69, 9.17) is 0 Å². The van der Waals surface area contributed by atoms with Crippen LogP contribution in [0.2, 0.25) is 0 Å². The summed E-state index contributed by atoms with van der Waals surface area (Å²) in [5, 5.41) is 5.97. The van der Waals surface area contributed by atoms with Gasteiger partial charge in [0.15, 0.2) is 0 Å². The summed E-state index contributed by atoms with van der Waals surface area (Å²) >= 11 is 0. The molecule has 1 aromatic carbocycles. The van der Waals surface area contributed by atoms with Crippen LogP contribution in [0.3, 0.4) is 0 Å². The quantitative estimate of drug-likeness (QED) is 0.752. The smallest absolute Gasteiger partial charge is 0.322 e. The third kappa shape index (κ3) is 4.59. The average Bonchev–Trinajstić information content (AvgIpc) is 2.67. The van der Waals surface area contributed by atoms with Crippen LogP contribution in [0.15, 0.2) is 24.3 Å². The molecule has 154 valence electrons. The van der Waals surface area contributed by atoms with Crippen molar-refractivity contribution < 1.29 is 9.59 Å². The monoisotopic (exact) mass is 386 g/mol. The van der Waals surface area contributed by atoms with E-state index in [1.165, 1.54) is 12.8 Å². The number of carbonyl (C=O) groups excluding carboxylic acids is 2. The second-order valence-electron chi connectivity index (χ2n) is 8.54. The molecule has 0 aromatic heterocycles. The van der Waals surface area contributed by atoms with E-state index in [2.05, 4.69) is 38.3 Å². The highest BCUT2D eigenvalue weighted by molar-refractivity contribution is 5.92. The zero-order chi connectivity index (χ0) is 20.3. The van der Waals surface area contributed by atoms with Crippen molar-refractivity contribution >= 4 is 23.4 Å². The predicted octanol–water partition coefficient (Wildman–Crippen LogP) is 4.99. The molecule has 4 atom stereocenters. The molecule has 2 N–H and O–H groups in total. The van der Waals surface area contributed by atoms with Crippen molar-refractivity contribution in [1.82, 2.24) is 9.80 Å². The largest absolute Gasteiger partial charge is 0.322 e. The Balaban J connectivity index is 1.56. The molecule has 2 aliphatic heterocycles. The Morgan fingerprint density at radius 2 is 1.11 bits per heavy atom. The predicted molar refractivity (Wildman–Crippen MR) is 114 cm³/mol. The molecule has 0 saturated carbocycles. The van der Waals surface area contributed by atoms with Crippen molar-refractivity contribution in [2.75, 3.05) is 23.7 Å². The topological polar surface area (TPSA) is 64.7 Å². The van der Waals surface area contributed by atoms with E-state index in [1.807, 2.05) is 34.1 Å². The number of benzene rings is 1. The SMILES string of the molecule is C[C@@H]1CCCN(C(=O)Nc2ccc(NC(=O)N3CCC[C@@H](C)[C@@H]3C)cc2)[C@@H]1C. The highest BCUT2D eigenvalue weighted by Gasteiger charge is 2.29. The number of hydrogen-bond acceptors (Lipinski definition) is 2. The maximum atomic E-state index is 12.6. The minimum atomic E-state index is -0.0491. The van der Waals surface area contributed by atoms with Gasteiger partial charge < -0.3 is 20.4 Å².